The molecule has 28 heavy (non-hydrogen) atoms. The summed E-state index contributed by atoms with van der Waals surface area (Å²) in [5.41, 5.74) is 1.76. The molecule has 0 saturated carbocycles. The molecule has 7 heteroatoms. The molecule has 0 unspecified atom stereocenters. The molecule has 1 aromatic carbocycles. The molecule has 0 spiro atoms. The van der Waals surface area contributed by atoms with E-state index in [1.807, 2.05) is 37.4 Å². The quantitative estimate of drug-likeness (QED) is 0.558. The number of para-hydroxylation sites is 1. The lowest BCUT2D eigenvalue weighted by Crippen LogP contribution is -2.25. The largest absolute Gasteiger partial charge is 0.474 e. The third-order valence-electron chi connectivity index (χ3n) is 3.98. The van der Waals surface area contributed by atoms with Gasteiger partial charge in [0.05, 0.1) is 0 Å². The Morgan fingerprint density at radius 3 is 2.43 bits per heavy atom. The number of aromatic nitrogens is 1. The molecule has 0 aliphatic carbocycles. The van der Waals surface area contributed by atoms with E-state index in [1.165, 1.54) is 0 Å². The van der Waals surface area contributed by atoms with E-state index in [1.54, 1.807) is 12.1 Å². The lowest BCUT2D eigenvalue weighted by Gasteiger charge is -2.24. The third kappa shape index (κ3) is 6.98. The van der Waals surface area contributed by atoms with Crippen LogP contribution in [0.25, 0.3) is 0 Å². The molecule has 0 saturated heterocycles. The Labute approximate surface area is 167 Å². The lowest BCUT2D eigenvalue weighted by atomic mass is 10.3. The van der Waals surface area contributed by atoms with Gasteiger partial charge in [-0.1, -0.05) is 32.0 Å². The number of anilines is 3. The highest BCUT2D eigenvalue weighted by Crippen LogP contribution is 2.24. The predicted molar refractivity (Wildman–Crippen MR) is 113 cm³/mol. The summed E-state index contributed by atoms with van der Waals surface area (Å²) >= 11 is 0. The zero-order chi connectivity index (χ0) is 20.2. The van der Waals surface area contributed by atoms with Crippen molar-refractivity contribution in [2.24, 2.45) is 0 Å². The van der Waals surface area contributed by atoms with Crippen LogP contribution in [-0.2, 0) is 4.74 Å². The Bertz CT molecular complexity index is 719. The van der Waals surface area contributed by atoms with Crippen molar-refractivity contribution in [2.45, 2.75) is 26.7 Å². The number of hydrogen-bond acceptors (Lipinski definition) is 6. The van der Waals surface area contributed by atoms with Crippen molar-refractivity contribution in [1.82, 2.24) is 4.98 Å². The van der Waals surface area contributed by atoms with Crippen LogP contribution in [0.2, 0.25) is 0 Å². The first-order chi connectivity index (χ1) is 13.7. The summed E-state index contributed by atoms with van der Waals surface area (Å²) in [6.45, 7) is 6.64. The maximum absolute atomic E-state index is 11.8. The van der Waals surface area contributed by atoms with Gasteiger partial charge in [-0.3, -0.25) is 5.32 Å². The molecule has 2 aromatic rings. The Hall–Kier alpha value is -2.96. The number of nitrogens with zero attached hydrogens (tertiary/aromatic N) is 2. The maximum Gasteiger partial charge on any atom is 0.411 e. The van der Waals surface area contributed by atoms with Crippen molar-refractivity contribution >= 4 is 23.3 Å². The van der Waals surface area contributed by atoms with E-state index < -0.39 is 6.09 Å². The molecular weight excluding hydrogens is 356 g/mol. The molecule has 0 radical (unpaired) electrons. The molecule has 1 aromatic heterocycles. The number of nitrogens with one attached hydrogen (secondary N) is 2. The van der Waals surface area contributed by atoms with Crippen LogP contribution >= 0.6 is 0 Å². The van der Waals surface area contributed by atoms with Crippen molar-refractivity contribution < 1.29 is 14.3 Å². The Kier molecular flexibility index (Phi) is 8.91. The van der Waals surface area contributed by atoms with E-state index in [-0.39, 0.29) is 13.2 Å². The van der Waals surface area contributed by atoms with Crippen LogP contribution in [0.1, 0.15) is 26.7 Å². The molecule has 0 bridgehead atoms. The number of carbonyl (C=O) groups excluding carboxylic acids is 1. The zero-order valence-electron chi connectivity index (χ0n) is 16.9. The van der Waals surface area contributed by atoms with E-state index >= 15 is 0 Å². The van der Waals surface area contributed by atoms with Crippen LogP contribution in [0.5, 0.6) is 5.88 Å². The van der Waals surface area contributed by atoms with Gasteiger partial charge in [-0.15, -0.1) is 0 Å². The second-order valence-electron chi connectivity index (χ2n) is 6.26. The van der Waals surface area contributed by atoms with E-state index in [0.717, 1.165) is 37.4 Å². The van der Waals surface area contributed by atoms with Crippen LogP contribution in [-0.4, -0.2) is 44.4 Å². The van der Waals surface area contributed by atoms with Crippen LogP contribution in [0.3, 0.4) is 0 Å². The first-order valence-electron chi connectivity index (χ1n) is 9.72. The summed E-state index contributed by atoms with van der Waals surface area (Å²) in [6.07, 6.45) is 1.62. The number of amides is 1. The van der Waals surface area contributed by atoms with Gasteiger partial charge in [-0.2, -0.15) is 4.98 Å². The maximum atomic E-state index is 11.8. The number of ether oxygens (including phenoxy) is 2. The minimum absolute atomic E-state index is 0.132. The van der Waals surface area contributed by atoms with Gasteiger partial charge in [0, 0.05) is 43.6 Å². The highest BCUT2D eigenvalue weighted by atomic mass is 16.6. The number of rotatable bonds is 11. The van der Waals surface area contributed by atoms with Crippen LogP contribution < -0.4 is 20.3 Å². The predicted octanol–water partition coefficient (Wildman–Crippen LogP) is 4.38. The minimum atomic E-state index is -0.510. The molecule has 7 nitrogen and oxygen atoms in total. The van der Waals surface area contributed by atoms with E-state index in [0.29, 0.717) is 11.6 Å². The zero-order valence-corrected chi connectivity index (χ0v) is 16.9. The summed E-state index contributed by atoms with van der Waals surface area (Å²) < 4.78 is 10.9. The van der Waals surface area contributed by atoms with E-state index in [2.05, 4.69) is 34.4 Å². The Morgan fingerprint density at radius 1 is 1.07 bits per heavy atom. The minimum Gasteiger partial charge on any atom is -0.474 e. The Morgan fingerprint density at radius 2 is 1.79 bits per heavy atom. The van der Waals surface area contributed by atoms with Gasteiger partial charge in [0.2, 0.25) is 5.88 Å². The van der Waals surface area contributed by atoms with Crippen LogP contribution in [0.4, 0.5) is 22.0 Å². The molecule has 0 aliphatic rings. The number of pyridine rings is 1. The number of benzene rings is 1. The Balaban J connectivity index is 1.88. The summed E-state index contributed by atoms with van der Waals surface area (Å²) in [5.74, 6) is 1.25. The number of carbonyl (C=O) groups is 1. The molecule has 0 fully saturated rings. The van der Waals surface area contributed by atoms with Crippen molar-refractivity contribution in [1.29, 1.82) is 0 Å². The number of hydrogen-bond donors (Lipinski definition) is 2. The fourth-order valence-electron chi connectivity index (χ4n) is 2.74. The molecule has 2 rings (SSSR count). The molecule has 0 atom stereocenters. The van der Waals surface area contributed by atoms with Crippen molar-refractivity contribution in [3.8, 4) is 5.88 Å². The summed E-state index contributed by atoms with van der Waals surface area (Å²) in [4.78, 5) is 18.5. The second-order valence-corrected chi connectivity index (χ2v) is 6.26. The highest BCUT2D eigenvalue weighted by molar-refractivity contribution is 5.84. The van der Waals surface area contributed by atoms with Crippen LogP contribution in [0.15, 0.2) is 42.5 Å². The molecule has 2 N–H and O–H groups in total. The fourth-order valence-corrected chi connectivity index (χ4v) is 2.74. The van der Waals surface area contributed by atoms with Gasteiger partial charge in [-0.05, 0) is 25.0 Å². The lowest BCUT2D eigenvalue weighted by molar-refractivity contribution is 0.136. The van der Waals surface area contributed by atoms with Crippen molar-refractivity contribution in [3.05, 3.63) is 42.5 Å². The molecule has 1 amide bonds. The third-order valence-corrected chi connectivity index (χ3v) is 3.98. The fraction of sp³-hybridized carbons (Fsp3) is 0.429. The molecule has 0 aliphatic heterocycles. The monoisotopic (exact) mass is 386 g/mol. The first kappa shape index (κ1) is 21.3. The average molecular weight is 386 g/mol. The van der Waals surface area contributed by atoms with E-state index in [4.69, 9.17) is 9.47 Å². The summed E-state index contributed by atoms with van der Waals surface area (Å²) in [7, 11) is 1.83. The van der Waals surface area contributed by atoms with Crippen molar-refractivity contribution in [2.75, 3.05) is 48.9 Å². The van der Waals surface area contributed by atoms with E-state index in [9.17, 15) is 4.79 Å². The SMILES string of the molecule is CCCN(CCC)c1cc(NC)nc(OCCOC(=O)Nc2ccccc2)c1. The van der Waals surface area contributed by atoms with Gasteiger partial charge < -0.3 is 19.7 Å². The average Bonchev–Trinajstić information content (AvgIpc) is 2.71. The molecule has 1 heterocycles. The van der Waals surface area contributed by atoms with Gasteiger partial charge in [-0.25, -0.2) is 4.79 Å². The van der Waals surface area contributed by atoms with Crippen LogP contribution in [0, 0.1) is 0 Å². The van der Waals surface area contributed by atoms with Gasteiger partial charge in [0.1, 0.15) is 19.0 Å². The smallest absolute Gasteiger partial charge is 0.411 e. The van der Waals surface area contributed by atoms with Gasteiger partial charge in [0.25, 0.3) is 0 Å². The molecular formula is C21H30N4O3. The standard InChI is InChI=1S/C21H30N4O3/c1-4-11-25(12-5-2)18-15-19(22-3)24-20(16-18)27-13-14-28-21(26)23-17-9-7-6-8-10-17/h6-10,15-16H,4-5,11-14H2,1-3H3,(H,22,24)(H,23,26). The van der Waals surface area contributed by atoms with Gasteiger partial charge >= 0.3 is 6.09 Å². The normalized spacial score (nSPS) is 10.2. The first-order valence-corrected chi connectivity index (χ1v) is 9.72. The highest BCUT2D eigenvalue weighted by Gasteiger charge is 2.10. The van der Waals surface area contributed by atoms with Crippen molar-refractivity contribution in [3.63, 3.8) is 0 Å². The summed E-state index contributed by atoms with van der Waals surface area (Å²) in [6, 6.07) is 13.1. The topological polar surface area (TPSA) is 75.7 Å². The second kappa shape index (κ2) is 11.7. The van der Waals surface area contributed by atoms with Gasteiger partial charge in [0.15, 0.2) is 0 Å². The molecule has 152 valence electrons. The summed E-state index contributed by atoms with van der Waals surface area (Å²) in [5, 5.41) is 5.73.